The molecule has 5 nitrogen and oxygen atoms in total. The Hall–Kier alpha value is -2.84. The topological polar surface area (TPSA) is 55.1 Å². The van der Waals surface area contributed by atoms with E-state index in [2.05, 4.69) is 6.07 Å². The lowest BCUT2D eigenvalue weighted by atomic mass is 9.86. The number of nitrogens with zero attached hydrogens (tertiary/aromatic N) is 3. The first-order valence-electron chi connectivity index (χ1n) is 13.0. The Morgan fingerprint density at radius 1 is 1.05 bits per heavy atom. The van der Waals surface area contributed by atoms with Gasteiger partial charge in [0.1, 0.15) is 17.5 Å². The molecule has 1 aromatic heterocycles. The number of hydrogen-bond donors (Lipinski definition) is 1. The number of carbonyl (C=O) groups excluding carboxylic acids is 1. The van der Waals surface area contributed by atoms with Crippen LogP contribution in [0.2, 0.25) is 5.02 Å². The van der Waals surface area contributed by atoms with Crippen LogP contribution in [0.4, 0.5) is 13.2 Å². The zero-order valence-corrected chi connectivity index (χ0v) is 22.6. The van der Waals surface area contributed by atoms with Gasteiger partial charge in [-0.25, -0.2) is 13.2 Å². The van der Waals surface area contributed by atoms with Gasteiger partial charge in [0.05, 0.1) is 23.7 Å². The second-order valence-corrected chi connectivity index (χ2v) is 11.6. The molecule has 1 aliphatic heterocycles. The summed E-state index contributed by atoms with van der Waals surface area (Å²) >= 11 is 6.08. The van der Waals surface area contributed by atoms with Crippen molar-refractivity contribution in [3.05, 3.63) is 81.9 Å². The Kier molecular flexibility index (Phi) is 7.07. The lowest BCUT2D eigenvalue weighted by Gasteiger charge is -2.34. The fraction of sp³-hybridized carbons (Fsp3) is 0.448. The summed E-state index contributed by atoms with van der Waals surface area (Å²) in [7, 11) is 1.95. The molecule has 3 unspecified atom stereocenters. The summed E-state index contributed by atoms with van der Waals surface area (Å²) in [6.45, 7) is 5.04. The van der Waals surface area contributed by atoms with Crippen molar-refractivity contribution in [3.8, 4) is 5.69 Å². The van der Waals surface area contributed by atoms with Crippen molar-refractivity contribution in [2.45, 2.75) is 56.9 Å². The number of rotatable bonds is 4. The van der Waals surface area contributed by atoms with Crippen LogP contribution in [0.5, 0.6) is 0 Å². The average molecular weight is 546 g/mol. The third-order valence-corrected chi connectivity index (χ3v) is 8.61. The fourth-order valence-corrected chi connectivity index (χ4v) is 6.50. The number of halogens is 4. The van der Waals surface area contributed by atoms with E-state index >= 15 is 0 Å². The average Bonchev–Trinajstić information content (AvgIpc) is 3.35. The molecule has 1 saturated heterocycles. The van der Waals surface area contributed by atoms with Gasteiger partial charge in [0.25, 0.3) is 0 Å². The predicted octanol–water partition coefficient (Wildman–Crippen LogP) is 5.30. The van der Waals surface area contributed by atoms with Crippen LogP contribution in [0.15, 0.2) is 42.5 Å². The molecule has 3 aromatic rings. The van der Waals surface area contributed by atoms with Crippen molar-refractivity contribution in [3.63, 3.8) is 0 Å². The van der Waals surface area contributed by atoms with Gasteiger partial charge in [-0.1, -0.05) is 22.3 Å². The van der Waals surface area contributed by atoms with Gasteiger partial charge in [-0.15, -0.1) is 0 Å². The van der Waals surface area contributed by atoms with Crippen LogP contribution in [0, 0.1) is 30.3 Å². The van der Waals surface area contributed by atoms with E-state index in [0.717, 1.165) is 36.0 Å². The number of amides is 1. The summed E-state index contributed by atoms with van der Waals surface area (Å²) in [5.41, 5.74) is 9.11. The number of carbonyl (C=O) groups is 1. The monoisotopic (exact) mass is 545 g/mol. The second-order valence-electron chi connectivity index (χ2n) is 11.2. The molecule has 2 N–H and O–H groups in total. The van der Waals surface area contributed by atoms with Crippen molar-refractivity contribution in [2.75, 3.05) is 13.1 Å². The number of nitrogens with two attached hydrogens (primary N) is 1. The van der Waals surface area contributed by atoms with E-state index in [0.29, 0.717) is 31.5 Å². The fourth-order valence-electron chi connectivity index (χ4n) is 6.32. The molecule has 0 spiro atoms. The molecule has 1 aliphatic carbocycles. The predicted molar refractivity (Wildman–Crippen MR) is 140 cm³/mol. The molecular weight excluding hydrogens is 513 g/mol. The van der Waals surface area contributed by atoms with Gasteiger partial charge < -0.3 is 10.6 Å². The summed E-state index contributed by atoms with van der Waals surface area (Å²) in [4.78, 5) is 15.6. The molecule has 38 heavy (non-hydrogen) atoms. The van der Waals surface area contributed by atoms with Gasteiger partial charge in [0, 0.05) is 54.7 Å². The Labute approximate surface area is 226 Å². The Morgan fingerprint density at radius 3 is 2.42 bits per heavy atom. The normalized spacial score (nSPS) is 24.3. The van der Waals surface area contributed by atoms with Crippen molar-refractivity contribution in [2.24, 2.45) is 18.7 Å². The Balaban J connectivity index is 1.35. The number of benzene rings is 2. The molecule has 0 radical (unpaired) electrons. The molecule has 202 valence electrons. The van der Waals surface area contributed by atoms with Gasteiger partial charge in [-0.2, -0.15) is 4.68 Å². The molecule has 3 atom stereocenters. The minimum absolute atomic E-state index is 0.0196. The van der Waals surface area contributed by atoms with E-state index in [1.165, 1.54) is 18.2 Å². The maximum Gasteiger partial charge on any atom is 0.237 e. The lowest BCUT2D eigenvalue weighted by molar-refractivity contribution is -0.691. The minimum atomic E-state index is -0.638. The van der Waals surface area contributed by atoms with Crippen LogP contribution in [0.1, 0.15) is 61.4 Å². The zero-order chi connectivity index (χ0) is 27.4. The van der Waals surface area contributed by atoms with Gasteiger partial charge in [-0.05, 0) is 57.2 Å². The second kappa shape index (κ2) is 10.0. The summed E-state index contributed by atoms with van der Waals surface area (Å²) < 4.78 is 46.1. The maximum atomic E-state index is 14.7. The standard InChI is InChI=1S/C29H33ClF3N4O/c1-17-12-27(37(35(17)3)20-5-7-25(32)24(30)14-20)18-8-10-36(11-9-18)28(38)23-16-29(2,34)15-22(23)21-6-4-19(31)13-26(21)33/h4-7,12-14,18,22-23H,8-11,15-16,34H2,1-3H3/q+1. The molecule has 2 fully saturated rings. The number of aryl methyl sites for hydroxylation is 1. The van der Waals surface area contributed by atoms with E-state index < -0.39 is 34.8 Å². The van der Waals surface area contributed by atoms with E-state index in [9.17, 15) is 18.0 Å². The van der Waals surface area contributed by atoms with E-state index in [1.807, 2.05) is 35.2 Å². The molecule has 5 rings (SSSR count). The summed E-state index contributed by atoms with van der Waals surface area (Å²) in [5, 5.41) is 0.0656. The minimum Gasteiger partial charge on any atom is -0.342 e. The highest BCUT2D eigenvalue weighted by atomic mass is 35.5. The van der Waals surface area contributed by atoms with Crippen LogP contribution >= 0.6 is 11.6 Å². The first kappa shape index (κ1) is 26.8. The Morgan fingerprint density at radius 2 is 1.76 bits per heavy atom. The number of likely N-dealkylation sites (tertiary alicyclic amines) is 1. The molecule has 2 aliphatic rings. The zero-order valence-electron chi connectivity index (χ0n) is 21.9. The van der Waals surface area contributed by atoms with Gasteiger partial charge in [-0.3, -0.25) is 4.79 Å². The van der Waals surface area contributed by atoms with E-state index in [1.54, 1.807) is 12.1 Å². The molecular formula is C29H33ClF3N4O+. The molecule has 1 amide bonds. The van der Waals surface area contributed by atoms with Crippen LogP contribution in [-0.2, 0) is 11.8 Å². The Bertz CT molecular complexity index is 1380. The quantitative estimate of drug-likeness (QED) is 0.452. The summed E-state index contributed by atoms with van der Waals surface area (Å²) in [5.74, 6) is -2.40. The van der Waals surface area contributed by atoms with Crippen molar-refractivity contribution < 1.29 is 22.6 Å². The highest BCUT2D eigenvalue weighted by molar-refractivity contribution is 6.30. The molecule has 2 heterocycles. The van der Waals surface area contributed by atoms with Crippen LogP contribution < -0.4 is 10.4 Å². The first-order chi connectivity index (χ1) is 17.9. The van der Waals surface area contributed by atoms with Crippen molar-refractivity contribution in [1.82, 2.24) is 9.58 Å². The molecule has 0 bridgehead atoms. The molecule has 1 saturated carbocycles. The van der Waals surface area contributed by atoms with Gasteiger partial charge in [0.2, 0.25) is 17.3 Å². The third-order valence-electron chi connectivity index (χ3n) is 8.32. The maximum absolute atomic E-state index is 14.7. The molecule has 2 aromatic carbocycles. The third kappa shape index (κ3) is 4.96. The number of hydrogen-bond acceptors (Lipinski definition) is 2. The number of aromatic nitrogens is 2. The number of piperidine rings is 1. The highest BCUT2D eigenvalue weighted by Gasteiger charge is 2.47. The largest absolute Gasteiger partial charge is 0.342 e. The molecule has 9 heteroatoms. The van der Waals surface area contributed by atoms with Crippen LogP contribution in [0.3, 0.4) is 0 Å². The van der Waals surface area contributed by atoms with Crippen molar-refractivity contribution >= 4 is 17.5 Å². The SMILES string of the molecule is Cc1cc(C2CCN(C(=O)C3CC(C)(N)CC3c3ccc(F)cc3F)CC2)[n+](-c2ccc(F)c(Cl)c2)n1C. The smallest absolute Gasteiger partial charge is 0.237 e. The van der Waals surface area contributed by atoms with Crippen LogP contribution in [0.25, 0.3) is 5.69 Å². The van der Waals surface area contributed by atoms with Crippen molar-refractivity contribution in [1.29, 1.82) is 0 Å². The lowest BCUT2D eigenvalue weighted by Crippen LogP contribution is -2.47. The highest BCUT2D eigenvalue weighted by Crippen LogP contribution is 2.46. The van der Waals surface area contributed by atoms with Gasteiger partial charge >= 0.3 is 0 Å². The summed E-state index contributed by atoms with van der Waals surface area (Å²) in [6.07, 6.45) is 2.43. The van der Waals surface area contributed by atoms with Crippen LogP contribution in [-0.4, -0.2) is 34.1 Å². The first-order valence-corrected chi connectivity index (χ1v) is 13.4. The van der Waals surface area contributed by atoms with E-state index in [4.69, 9.17) is 17.3 Å². The van der Waals surface area contributed by atoms with E-state index in [-0.39, 0.29) is 16.8 Å². The summed E-state index contributed by atoms with van der Waals surface area (Å²) in [6, 6.07) is 10.4. The van der Waals surface area contributed by atoms with Gasteiger partial charge in [0.15, 0.2) is 0 Å².